The maximum atomic E-state index is 5.68. The molecule has 1 N–H and O–H groups in total. The molecule has 1 aliphatic rings. The van der Waals surface area contributed by atoms with Crippen LogP contribution in [-0.2, 0) is 11.2 Å². The number of ether oxygens (including phenoxy) is 1. The Bertz CT molecular complexity index is 379. The second-order valence-corrected chi connectivity index (χ2v) is 5.65. The fourth-order valence-corrected chi connectivity index (χ4v) is 2.52. The van der Waals surface area contributed by atoms with Crippen LogP contribution in [0.25, 0.3) is 0 Å². The molecule has 1 aromatic rings. The average Bonchev–Trinajstić information content (AvgIpc) is 2.48. The van der Waals surface area contributed by atoms with E-state index in [0.717, 1.165) is 32.7 Å². The summed E-state index contributed by atoms with van der Waals surface area (Å²) in [5.74, 6) is 0. The zero-order valence-electron chi connectivity index (χ0n) is 11.2. The van der Waals surface area contributed by atoms with Crippen molar-refractivity contribution in [1.29, 1.82) is 0 Å². The van der Waals surface area contributed by atoms with Gasteiger partial charge >= 0.3 is 0 Å². The van der Waals surface area contributed by atoms with Gasteiger partial charge in [-0.2, -0.15) is 0 Å². The highest BCUT2D eigenvalue weighted by Gasteiger charge is 2.27. The molecule has 0 spiro atoms. The normalized spacial score (nSPS) is 25.6. The molecule has 0 aliphatic carbocycles. The van der Waals surface area contributed by atoms with Crippen molar-refractivity contribution in [1.82, 2.24) is 5.32 Å². The van der Waals surface area contributed by atoms with Gasteiger partial charge in [-0.25, -0.2) is 0 Å². The monoisotopic (exact) mass is 233 g/mol. The van der Waals surface area contributed by atoms with Crippen LogP contribution in [0.15, 0.2) is 18.2 Å². The standard InChI is InChI=1S/C15H23NO/c1-12-4-5-14(13(2)8-12)9-15(3)10-16-6-7-17-11-15/h4-5,8,16H,6-7,9-11H2,1-3H3. The van der Waals surface area contributed by atoms with Gasteiger partial charge in [0.1, 0.15) is 0 Å². The lowest BCUT2D eigenvalue weighted by molar-refractivity contribution is 0.0795. The zero-order valence-corrected chi connectivity index (χ0v) is 11.2. The largest absolute Gasteiger partial charge is 0.380 e. The number of hydrogen-bond acceptors (Lipinski definition) is 2. The van der Waals surface area contributed by atoms with Crippen LogP contribution in [0.3, 0.4) is 0 Å². The van der Waals surface area contributed by atoms with Gasteiger partial charge in [0.05, 0.1) is 13.2 Å². The van der Waals surface area contributed by atoms with Gasteiger partial charge in [0.15, 0.2) is 0 Å². The Labute approximate surface area is 104 Å². The lowest BCUT2D eigenvalue weighted by atomic mass is 9.83. The van der Waals surface area contributed by atoms with Crippen molar-refractivity contribution in [2.75, 3.05) is 26.3 Å². The fraction of sp³-hybridized carbons (Fsp3) is 0.600. The molecule has 0 bridgehead atoms. The molecule has 17 heavy (non-hydrogen) atoms. The quantitative estimate of drug-likeness (QED) is 0.847. The van der Waals surface area contributed by atoms with E-state index < -0.39 is 0 Å². The molecule has 1 fully saturated rings. The van der Waals surface area contributed by atoms with E-state index in [2.05, 4.69) is 44.3 Å². The van der Waals surface area contributed by atoms with E-state index in [1.807, 2.05) is 0 Å². The smallest absolute Gasteiger partial charge is 0.0591 e. The Kier molecular flexibility index (Phi) is 3.85. The number of aryl methyl sites for hydroxylation is 2. The first-order valence-corrected chi connectivity index (χ1v) is 6.44. The Balaban J connectivity index is 2.12. The molecule has 1 aliphatic heterocycles. The molecule has 1 atom stereocenters. The first-order chi connectivity index (χ1) is 8.09. The van der Waals surface area contributed by atoms with Crippen molar-refractivity contribution in [3.63, 3.8) is 0 Å². The summed E-state index contributed by atoms with van der Waals surface area (Å²) in [4.78, 5) is 0. The Morgan fingerprint density at radius 3 is 2.94 bits per heavy atom. The van der Waals surface area contributed by atoms with Crippen LogP contribution in [0.5, 0.6) is 0 Å². The van der Waals surface area contributed by atoms with Crippen molar-refractivity contribution in [2.45, 2.75) is 27.2 Å². The summed E-state index contributed by atoms with van der Waals surface area (Å²) in [6, 6.07) is 6.74. The lowest BCUT2D eigenvalue weighted by Crippen LogP contribution is -2.34. The van der Waals surface area contributed by atoms with Gasteiger partial charge in [-0.15, -0.1) is 0 Å². The molecular formula is C15H23NO. The Hall–Kier alpha value is -0.860. The fourth-order valence-electron chi connectivity index (χ4n) is 2.52. The van der Waals surface area contributed by atoms with Gasteiger partial charge in [-0.1, -0.05) is 30.7 Å². The van der Waals surface area contributed by atoms with Crippen molar-refractivity contribution in [3.05, 3.63) is 34.9 Å². The van der Waals surface area contributed by atoms with Crippen LogP contribution in [0.1, 0.15) is 23.6 Å². The molecule has 2 heteroatoms. The van der Waals surface area contributed by atoms with E-state index in [1.165, 1.54) is 16.7 Å². The minimum atomic E-state index is 0.219. The molecule has 94 valence electrons. The summed E-state index contributed by atoms with van der Waals surface area (Å²) in [6.45, 7) is 10.4. The summed E-state index contributed by atoms with van der Waals surface area (Å²) >= 11 is 0. The maximum absolute atomic E-state index is 5.68. The first kappa shape index (κ1) is 12.6. The number of rotatable bonds is 2. The summed E-state index contributed by atoms with van der Waals surface area (Å²) in [5, 5.41) is 3.46. The average molecular weight is 233 g/mol. The molecule has 2 nitrogen and oxygen atoms in total. The van der Waals surface area contributed by atoms with Crippen molar-refractivity contribution < 1.29 is 4.74 Å². The second kappa shape index (κ2) is 5.19. The van der Waals surface area contributed by atoms with E-state index in [-0.39, 0.29) is 5.41 Å². The third-order valence-corrected chi connectivity index (χ3v) is 3.54. The molecule has 1 saturated heterocycles. The molecule has 1 aromatic carbocycles. The van der Waals surface area contributed by atoms with E-state index in [1.54, 1.807) is 0 Å². The molecule has 1 unspecified atom stereocenters. The van der Waals surface area contributed by atoms with Crippen molar-refractivity contribution in [3.8, 4) is 0 Å². The minimum Gasteiger partial charge on any atom is -0.380 e. The Morgan fingerprint density at radius 1 is 1.35 bits per heavy atom. The summed E-state index contributed by atoms with van der Waals surface area (Å²) in [7, 11) is 0. The minimum absolute atomic E-state index is 0.219. The van der Waals surface area contributed by atoms with E-state index in [0.29, 0.717) is 0 Å². The zero-order chi connectivity index (χ0) is 12.3. The molecular weight excluding hydrogens is 210 g/mol. The van der Waals surface area contributed by atoms with E-state index >= 15 is 0 Å². The van der Waals surface area contributed by atoms with Crippen LogP contribution in [0.2, 0.25) is 0 Å². The summed E-state index contributed by atoms with van der Waals surface area (Å²) in [6.07, 6.45) is 1.09. The maximum Gasteiger partial charge on any atom is 0.0591 e. The molecule has 0 saturated carbocycles. The van der Waals surface area contributed by atoms with Crippen molar-refractivity contribution >= 4 is 0 Å². The van der Waals surface area contributed by atoms with Crippen LogP contribution in [0.4, 0.5) is 0 Å². The van der Waals surface area contributed by atoms with Crippen LogP contribution >= 0.6 is 0 Å². The summed E-state index contributed by atoms with van der Waals surface area (Å²) in [5.41, 5.74) is 4.41. The SMILES string of the molecule is Cc1ccc(CC2(C)CNCCOC2)c(C)c1. The van der Waals surface area contributed by atoms with E-state index in [4.69, 9.17) is 4.74 Å². The Morgan fingerprint density at radius 2 is 2.18 bits per heavy atom. The molecule has 1 heterocycles. The third kappa shape index (κ3) is 3.30. The highest BCUT2D eigenvalue weighted by Crippen LogP contribution is 2.25. The van der Waals surface area contributed by atoms with Crippen LogP contribution in [0, 0.1) is 19.3 Å². The number of nitrogens with one attached hydrogen (secondary N) is 1. The third-order valence-electron chi connectivity index (χ3n) is 3.54. The van der Waals surface area contributed by atoms with Gasteiger partial charge in [-0.3, -0.25) is 0 Å². The molecule has 0 radical (unpaired) electrons. The molecule has 2 rings (SSSR count). The van der Waals surface area contributed by atoms with Gasteiger partial charge in [-0.05, 0) is 31.4 Å². The van der Waals surface area contributed by atoms with Crippen LogP contribution < -0.4 is 5.32 Å². The van der Waals surface area contributed by atoms with Crippen molar-refractivity contribution in [2.24, 2.45) is 5.41 Å². The number of benzene rings is 1. The predicted molar refractivity (Wildman–Crippen MR) is 71.4 cm³/mol. The van der Waals surface area contributed by atoms with E-state index in [9.17, 15) is 0 Å². The highest BCUT2D eigenvalue weighted by atomic mass is 16.5. The molecule has 0 amide bonds. The van der Waals surface area contributed by atoms with Gasteiger partial charge < -0.3 is 10.1 Å². The molecule has 0 aromatic heterocycles. The van der Waals surface area contributed by atoms with Gasteiger partial charge in [0.2, 0.25) is 0 Å². The number of hydrogen-bond donors (Lipinski definition) is 1. The van der Waals surface area contributed by atoms with Crippen LogP contribution in [-0.4, -0.2) is 26.3 Å². The summed E-state index contributed by atoms with van der Waals surface area (Å²) < 4.78 is 5.68. The van der Waals surface area contributed by atoms with Gasteiger partial charge in [0.25, 0.3) is 0 Å². The second-order valence-electron chi connectivity index (χ2n) is 5.65. The highest BCUT2D eigenvalue weighted by molar-refractivity contribution is 5.31. The topological polar surface area (TPSA) is 21.3 Å². The first-order valence-electron chi connectivity index (χ1n) is 6.44. The predicted octanol–water partition coefficient (Wildman–Crippen LogP) is 2.47. The van der Waals surface area contributed by atoms with Gasteiger partial charge in [0, 0.05) is 18.5 Å². The lowest BCUT2D eigenvalue weighted by Gasteiger charge is -2.28.